The first-order valence-corrected chi connectivity index (χ1v) is 9.46. The molecule has 0 aliphatic heterocycles. The smallest absolute Gasteiger partial charge is 0.436 e. The summed E-state index contributed by atoms with van der Waals surface area (Å²) < 4.78 is 47.7. The van der Waals surface area contributed by atoms with E-state index in [1.54, 1.807) is 6.07 Å². The maximum atomic E-state index is 12.9. The fraction of sp³-hybridized carbons (Fsp3) is 0.158. The van der Waals surface area contributed by atoms with E-state index in [1.165, 1.54) is 24.3 Å². The van der Waals surface area contributed by atoms with Crippen molar-refractivity contribution in [3.05, 3.63) is 48.0 Å². The van der Waals surface area contributed by atoms with Gasteiger partial charge in [0.05, 0.1) is 31.2 Å². The van der Waals surface area contributed by atoms with Crippen LogP contribution in [0.3, 0.4) is 0 Å². The third-order valence-corrected chi connectivity index (χ3v) is 4.62. The van der Waals surface area contributed by atoms with Crippen LogP contribution in [0.1, 0.15) is 5.56 Å². The molecule has 0 aliphatic rings. The van der Waals surface area contributed by atoms with Gasteiger partial charge in [-0.15, -0.1) is 4.99 Å². The second-order valence-corrected chi connectivity index (χ2v) is 6.92. The molecule has 0 radical (unpaired) electrons. The average molecular weight is 470 g/mol. The van der Waals surface area contributed by atoms with E-state index in [0.717, 1.165) is 38.1 Å². The Labute approximate surface area is 184 Å². The third-order valence-electron chi connectivity index (χ3n) is 3.64. The van der Waals surface area contributed by atoms with Crippen molar-refractivity contribution in [1.82, 2.24) is 5.32 Å². The minimum Gasteiger partial charge on any atom is -0.453 e. The summed E-state index contributed by atoms with van der Waals surface area (Å²) in [6, 6.07) is 9.28. The molecule has 3 amide bonds. The zero-order chi connectivity index (χ0) is 23.7. The van der Waals surface area contributed by atoms with Crippen LogP contribution in [-0.2, 0) is 20.4 Å². The monoisotopic (exact) mass is 470 g/mol. The van der Waals surface area contributed by atoms with Crippen molar-refractivity contribution >= 4 is 47.7 Å². The van der Waals surface area contributed by atoms with E-state index in [1.807, 2.05) is 0 Å². The van der Waals surface area contributed by atoms with Gasteiger partial charge in [0.25, 0.3) is 0 Å². The van der Waals surface area contributed by atoms with Gasteiger partial charge in [0.1, 0.15) is 0 Å². The number of carbonyl (C=O) groups excluding carboxylic acids is 3. The molecule has 0 bridgehead atoms. The van der Waals surface area contributed by atoms with Crippen molar-refractivity contribution < 1.29 is 37.0 Å². The largest absolute Gasteiger partial charge is 0.453 e. The number of anilines is 2. The second-order valence-electron chi connectivity index (χ2n) is 5.77. The number of rotatable bonds is 5. The molecule has 0 fully saturated rings. The standard InChI is InChI=1S/C19H17F3N4O5S/c1-30-17(28)25-16(26-18(29)31-2)24-14-7-6-13(9-15(14)23-10-27)32-12-5-3-4-11(8-12)19(20,21)22/h3-10H,1-2H3,(H,23,27)(H2,24,25,26,28,29). The Bertz CT molecular complexity index is 1030. The minimum atomic E-state index is -4.48. The Hall–Kier alpha value is -3.74. The number of alkyl carbamates (subject to hydrolysis) is 1. The molecule has 170 valence electrons. The van der Waals surface area contributed by atoms with Gasteiger partial charge in [-0.2, -0.15) is 13.2 Å². The molecule has 0 heterocycles. The molecule has 2 aromatic rings. The van der Waals surface area contributed by atoms with E-state index in [4.69, 9.17) is 0 Å². The van der Waals surface area contributed by atoms with Crippen LogP contribution in [0.2, 0.25) is 0 Å². The van der Waals surface area contributed by atoms with E-state index < -0.39 is 23.9 Å². The summed E-state index contributed by atoms with van der Waals surface area (Å²) in [5.41, 5.74) is -0.379. The SMILES string of the molecule is COC(=O)/N=C(\NC(=O)OC)Nc1ccc(Sc2cccc(C(F)(F)F)c2)cc1NC=O. The zero-order valence-electron chi connectivity index (χ0n) is 16.6. The predicted octanol–water partition coefficient (Wildman–Crippen LogP) is 4.32. The summed E-state index contributed by atoms with van der Waals surface area (Å²) in [4.78, 5) is 38.3. The maximum Gasteiger partial charge on any atom is 0.436 e. The Balaban J connectivity index is 2.32. The number of guanidine groups is 1. The number of hydrogen-bond donors (Lipinski definition) is 3. The van der Waals surface area contributed by atoms with E-state index in [-0.39, 0.29) is 17.3 Å². The molecule has 0 atom stereocenters. The summed E-state index contributed by atoms with van der Waals surface area (Å²) in [5, 5.41) is 7.24. The van der Waals surface area contributed by atoms with Crippen molar-refractivity contribution in [1.29, 1.82) is 0 Å². The van der Waals surface area contributed by atoms with Crippen molar-refractivity contribution in [3.8, 4) is 0 Å². The van der Waals surface area contributed by atoms with Gasteiger partial charge in [-0.3, -0.25) is 10.1 Å². The van der Waals surface area contributed by atoms with Crippen LogP contribution >= 0.6 is 11.8 Å². The second kappa shape index (κ2) is 11.0. The highest BCUT2D eigenvalue weighted by molar-refractivity contribution is 7.99. The Morgan fingerprint density at radius 1 is 1.03 bits per heavy atom. The number of nitrogens with one attached hydrogen (secondary N) is 3. The number of aliphatic imine (C=N–C) groups is 1. The van der Waals surface area contributed by atoms with Gasteiger partial charge < -0.3 is 20.1 Å². The quantitative estimate of drug-likeness (QED) is 0.338. The van der Waals surface area contributed by atoms with Crippen LogP contribution in [0.15, 0.2) is 57.2 Å². The van der Waals surface area contributed by atoms with Crippen molar-refractivity contribution in [3.63, 3.8) is 0 Å². The lowest BCUT2D eigenvalue weighted by atomic mass is 10.2. The van der Waals surface area contributed by atoms with E-state index in [9.17, 15) is 27.6 Å². The number of alkyl halides is 3. The molecule has 0 unspecified atom stereocenters. The van der Waals surface area contributed by atoms with Crippen LogP contribution in [0, 0.1) is 0 Å². The molecule has 0 spiro atoms. The predicted molar refractivity (Wildman–Crippen MR) is 111 cm³/mol. The summed E-state index contributed by atoms with van der Waals surface area (Å²) in [6.07, 6.45) is -6.05. The minimum absolute atomic E-state index is 0.196. The first kappa shape index (κ1) is 24.5. The first-order chi connectivity index (χ1) is 15.2. The highest BCUT2D eigenvalue weighted by atomic mass is 32.2. The molecule has 0 aliphatic carbocycles. The molecule has 13 heteroatoms. The Morgan fingerprint density at radius 3 is 2.38 bits per heavy atom. The van der Waals surface area contributed by atoms with E-state index >= 15 is 0 Å². The maximum absolute atomic E-state index is 12.9. The molecule has 0 saturated heterocycles. The van der Waals surface area contributed by atoms with Gasteiger partial charge in [0.15, 0.2) is 0 Å². The lowest BCUT2D eigenvalue weighted by Gasteiger charge is -2.15. The van der Waals surface area contributed by atoms with Gasteiger partial charge >= 0.3 is 18.4 Å². The number of ether oxygens (including phenoxy) is 2. The molecule has 0 saturated carbocycles. The van der Waals surface area contributed by atoms with Crippen LogP contribution in [0.25, 0.3) is 0 Å². The summed E-state index contributed by atoms with van der Waals surface area (Å²) >= 11 is 1.04. The summed E-state index contributed by atoms with van der Waals surface area (Å²) in [7, 11) is 2.19. The number of halogens is 3. The highest BCUT2D eigenvalue weighted by Crippen LogP contribution is 2.36. The molecular weight excluding hydrogens is 453 g/mol. The summed E-state index contributed by atoms with van der Waals surface area (Å²) in [5.74, 6) is -0.351. The molecule has 32 heavy (non-hydrogen) atoms. The first-order valence-electron chi connectivity index (χ1n) is 8.64. The molecular formula is C19H17F3N4O5S. The lowest BCUT2D eigenvalue weighted by Crippen LogP contribution is -2.36. The number of nitrogens with zero attached hydrogens (tertiary/aromatic N) is 1. The normalized spacial score (nSPS) is 11.3. The van der Waals surface area contributed by atoms with Crippen molar-refractivity contribution in [2.45, 2.75) is 16.0 Å². The zero-order valence-corrected chi connectivity index (χ0v) is 17.5. The van der Waals surface area contributed by atoms with Crippen molar-refractivity contribution in [2.24, 2.45) is 4.99 Å². The van der Waals surface area contributed by atoms with Crippen LogP contribution in [-0.4, -0.2) is 38.8 Å². The Kier molecular flexibility index (Phi) is 8.46. The third kappa shape index (κ3) is 7.19. The number of amides is 3. The van der Waals surface area contributed by atoms with Gasteiger partial charge in [-0.1, -0.05) is 17.8 Å². The summed E-state index contributed by atoms with van der Waals surface area (Å²) in [6.45, 7) is 0. The highest BCUT2D eigenvalue weighted by Gasteiger charge is 2.30. The number of hydrogen-bond acceptors (Lipinski definition) is 6. The van der Waals surface area contributed by atoms with Crippen molar-refractivity contribution in [2.75, 3.05) is 24.9 Å². The fourth-order valence-corrected chi connectivity index (χ4v) is 3.17. The van der Waals surface area contributed by atoms with Gasteiger partial charge in [0.2, 0.25) is 12.4 Å². The van der Waals surface area contributed by atoms with Gasteiger partial charge in [-0.25, -0.2) is 9.59 Å². The number of carbonyl (C=O) groups is 3. The number of methoxy groups -OCH3 is 2. The topological polar surface area (TPSA) is 118 Å². The number of benzene rings is 2. The van der Waals surface area contributed by atoms with Crippen LogP contribution in [0.4, 0.5) is 34.1 Å². The molecule has 2 aromatic carbocycles. The molecule has 9 nitrogen and oxygen atoms in total. The molecule has 2 rings (SSSR count). The van der Waals surface area contributed by atoms with Gasteiger partial charge in [0, 0.05) is 9.79 Å². The lowest BCUT2D eigenvalue weighted by molar-refractivity contribution is -0.137. The van der Waals surface area contributed by atoms with Crippen LogP contribution in [0.5, 0.6) is 0 Å². The fourth-order valence-electron chi connectivity index (χ4n) is 2.25. The van der Waals surface area contributed by atoms with Gasteiger partial charge in [-0.05, 0) is 36.4 Å². The Morgan fingerprint density at radius 2 is 1.75 bits per heavy atom. The van der Waals surface area contributed by atoms with Crippen LogP contribution < -0.4 is 16.0 Å². The van der Waals surface area contributed by atoms with E-state index in [2.05, 4.69) is 30.4 Å². The van der Waals surface area contributed by atoms with E-state index in [0.29, 0.717) is 16.2 Å². The molecule has 3 N–H and O–H groups in total. The average Bonchev–Trinajstić information content (AvgIpc) is 2.75. The molecule has 0 aromatic heterocycles.